The van der Waals surface area contributed by atoms with Crippen molar-refractivity contribution in [3.63, 3.8) is 0 Å². The zero-order valence-corrected chi connectivity index (χ0v) is 14.3. The highest BCUT2D eigenvalue weighted by molar-refractivity contribution is 6.23. The lowest BCUT2D eigenvalue weighted by Crippen LogP contribution is -2.29. The van der Waals surface area contributed by atoms with Crippen molar-refractivity contribution in [3.8, 4) is 0 Å². The third kappa shape index (κ3) is 2.28. The first kappa shape index (κ1) is 16.3. The Kier molecular flexibility index (Phi) is 3.72. The van der Waals surface area contributed by atoms with E-state index in [1.807, 2.05) is 18.2 Å². The van der Waals surface area contributed by atoms with Gasteiger partial charge in [0.15, 0.2) is 5.78 Å². The van der Waals surface area contributed by atoms with Gasteiger partial charge in [0.25, 0.3) is 0 Å². The number of benzene rings is 2. The number of Topliss-reactive ketones (excluding diaryl/α,β-unsaturated/α-hetero) is 1. The number of carbonyl (C=O) groups is 2. The Bertz CT molecular complexity index is 1000. The number of nitrogens with one attached hydrogen (secondary N) is 1. The first-order chi connectivity index (χ1) is 12.5. The lowest BCUT2D eigenvalue weighted by Gasteiger charge is -2.29. The number of rotatable bonds is 2. The van der Waals surface area contributed by atoms with E-state index in [0.29, 0.717) is 33.7 Å². The zero-order chi connectivity index (χ0) is 18.4. The number of allylic oxidation sites excluding steroid dienone is 2. The molecule has 26 heavy (non-hydrogen) atoms. The van der Waals surface area contributed by atoms with E-state index in [1.165, 1.54) is 19.2 Å². The number of halogens is 1. The first-order valence-electron chi connectivity index (χ1n) is 8.22. The predicted molar refractivity (Wildman–Crippen MR) is 94.7 cm³/mol. The molecule has 0 radical (unpaired) electrons. The minimum absolute atomic E-state index is 0.133. The molecule has 2 aromatic carbocycles. The average molecular weight is 349 g/mol. The molecule has 0 saturated carbocycles. The van der Waals surface area contributed by atoms with Gasteiger partial charge in [-0.15, -0.1) is 0 Å². The molecule has 1 atom stereocenters. The molecule has 2 aliphatic rings. The van der Waals surface area contributed by atoms with Crippen LogP contribution in [0, 0.1) is 5.82 Å². The minimum atomic E-state index is -0.612. The Morgan fingerprint density at radius 2 is 1.73 bits per heavy atom. The predicted octanol–water partition coefficient (Wildman–Crippen LogP) is 3.57. The van der Waals surface area contributed by atoms with Gasteiger partial charge in [-0.25, -0.2) is 9.18 Å². The van der Waals surface area contributed by atoms with E-state index in [-0.39, 0.29) is 11.6 Å². The van der Waals surface area contributed by atoms with Crippen molar-refractivity contribution in [2.24, 2.45) is 0 Å². The van der Waals surface area contributed by atoms with Crippen molar-refractivity contribution >= 4 is 17.4 Å². The quantitative estimate of drug-likeness (QED) is 0.842. The average Bonchev–Trinajstić information content (AvgIpc) is 2.93. The summed E-state index contributed by atoms with van der Waals surface area (Å²) in [5, 5.41) is 3.20. The fourth-order valence-electron chi connectivity index (χ4n) is 3.70. The van der Waals surface area contributed by atoms with Crippen LogP contribution in [-0.4, -0.2) is 18.9 Å². The van der Waals surface area contributed by atoms with Gasteiger partial charge in [0, 0.05) is 28.3 Å². The smallest absolute Gasteiger partial charge is 0.336 e. The van der Waals surface area contributed by atoms with Crippen LogP contribution in [0.3, 0.4) is 0 Å². The molecule has 1 aliphatic carbocycles. The molecule has 1 N–H and O–H groups in total. The number of esters is 1. The summed E-state index contributed by atoms with van der Waals surface area (Å²) in [4.78, 5) is 25.6. The van der Waals surface area contributed by atoms with Gasteiger partial charge in [0.05, 0.1) is 18.4 Å². The molecule has 0 amide bonds. The number of hydrogen-bond acceptors (Lipinski definition) is 4. The Morgan fingerprint density at radius 1 is 1.08 bits per heavy atom. The topological polar surface area (TPSA) is 55.4 Å². The Labute approximate surface area is 150 Å². The number of ether oxygens (including phenoxy) is 1. The summed E-state index contributed by atoms with van der Waals surface area (Å²) in [6.45, 7) is 1.78. The summed E-state index contributed by atoms with van der Waals surface area (Å²) < 4.78 is 18.4. The second-order valence-electron chi connectivity index (χ2n) is 6.30. The zero-order valence-electron chi connectivity index (χ0n) is 14.3. The normalized spacial score (nSPS) is 18.4. The molecule has 4 nitrogen and oxygen atoms in total. The summed E-state index contributed by atoms with van der Waals surface area (Å²) >= 11 is 0. The highest BCUT2D eigenvalue weighted by Gasteiger charge is 2.42. The molecule has 1 aliphatic heterocycles. The molecule has 5 heteroatoms. The fourth-order valence-corrected chi connectivity index (χ4v) is 3.70. The Hall–Kier alpha value is -3.21. The number of fused-ring (bicyclic) bond motifs is 2. The molecule has 1 heterocycles. The molecule has 0 saturated heterocycles. The summed E-state index contributed by atoms with van der Waals surface area (Å²) in [5.41, 5.74) is 4.24. The van der Waals surface area contributed by atoms with Gasteiger partial charge >= 0.3 is 5.97 Å². The number of dihydropyridines is 1. The molecule has 130 valence electrons. The highest BCUT2D eigenvalue weighted by Crippen LogP contribution is 2.46. The van der Waals surface area contributed by atoms with Crippen LogP contribution in [0.4, 0.5) is 4.39 Å². The highest BCUT2D eigenvalue weighted by atomic mass is 19.1. The van der Waals surface area contributed by atoms with Gasteiger partial charge < -0.3 is 10.1 Å². The molecule has 0 aromatic heterocycles. The SMILES string of the molecule is COC(=O)C1=C(C)NC2=C(C(=O)c3ccccc32)[C@H]1c1ccc(F)cc1. The van der Waals surface area contributed by atoms with E-state index in [4.69, 9.17) is 4.74 Å². The van der Waals surface area contributed by atoms with Crippen molar-refractivity contribution in [2.45, 2.75) is 12.8 Å². The van der Waals surface area contributed by atoms with Crippen LogP contribution in [0.25, 0.3) is 5.70 Å². The van der Waals surface area contributed by atoms with Crippen molar-refractivity contribution in [1.82, 2.24) is 5.32 Å². The maximum absolute atomic E-state index is 13.4. The van der Waals surface area contributed by atoms with Crippen LogP contribution in [0.15, 0.2) is 65.4 Å². The molecule has 0 bridgehead atoms. The van der Waals surface area contributed by atoms with E-state index < -0.39 is 11.9 Å². The fraction of sp³-hybridized carbons (Fsp3) is 0.143. The van der Waals surface area contributed by atoms with Crippen LogP contribution in [-0.2, 0) is 9.53 Å². The number of carbonyl (C=O) groups excluding carboxylic acids is 2. The third-order valence-electron chi connectivity index (χ3n) is 4.86. The lowest BCUT2D eigenvalue weighted by atomic mass is 9.80. The van der Waals surface area contributed by atoms with E-state index in [0.717, 1.165) is 5.56 Å². The molecular weight excluding hydrogens is 333 g/mol. The first-order valence-corrected chi connectivity index (χ1v) is 8.22. The van der Waals surface area contributed by atoms with E-state index in [2.05, 4.69) is 5.32 Å². The summed E-state index contributed by atoms with van der Waals surface area (Å²) in [7, 11) is 1.31. The number of methoxy groups -OCH3 is 1. The van der Waals surface area contributed by atoms with Gasteiger partial charge in [-0.05, 0) is 24.6 Å². The van der Waals surface area contributed by atoms with Crippen LogP contribution >= 0.6 is 0 Å². The maximum atomic E-state index is 13.4. The molecule has 0 unspecified atom stereocenters. The summed E-state index contributed by atoms with van der Waals surface area (Å²) in [6.07, 6.45) is 0. The Balaban J connectivity index is 1.95. The van der Waals surface area contributed by atoms with Gasteiger partial charge in [-0.3, -0.25) is 4.79 Å². The molecule has 4 rings (SSSR count). The monoisotopic (exact) mass is 349 g/mol. The van der Waals surface area contributed by atoms with Crippen LogP contribution in [0.1, 0.15) is 34.3 Å². The largest absolute Gasteiger partial charge is 0.466 e. The van der Waals surface area contributed by atoms with E-state index in [9.17, 15) is 14.0 Å². The van der Waals surface area contributed by atoms with Gasteiger partial charge in [-0.2, -0.15) is 0 Å². The standard InChI is InChI=1S/C21H16FNO3/c1-11-16(21(25)26-2)17(12-7-9-13(22)10-8-12)18-19(23-11)14-5-3-4-6-15(14)20(18)24/h3-10,17,23H,1-2H3/t17-/m0/s1. The number of ketones is 1. The minimum Gasteiger partial charge on any atom is -0.466 e. The molecule has 0 fully saturated rings. The third-order valence-corrected chi connectivity index (χ3v) is 4.86. The lowest BCUT2D eigenvalue weighted by molar-refractivity contribution is -0.136. The second-order valence-corrected chi connectivity index (χ2v) is 6.30. The second kappa shape index (κ2) is 5.95. The van der Waals surface area contributed by atoms with Crippen molar-refractivity contribution in [1.29, 1.82) is 0 Å². The molecular formula is C21H16FNO3. The van der Waals surface area contributed by atoms with Crippen molar-refractivity contribution < 1.29 is 18.7 Å². The summed E-state index contributed by atoms with van der Waals surface area (Å²) in [6, 6.07) is 13.2. The van der Waals surface area contributed by atoms with Gasteiger partial charge in [0.1, 0.15) is 5.82 Å². The molecule has 2 aromatic rings. The van der Waals surface area contributed by atoms with Crippen LogP contribution in [0.5, 0.6) is 0 Å². The molecule has 0 spiro atoms. The van der Waals surface area contributed by atoms with Crippen molar-refractivity contribution in [3.05, 3.63) is 87.9 Å². The van der Waals surface area contributed by atoms with Crippen LogP contribution in [0.2, 0.25) is 0 Å². The van der Waals surface area contributed by atoms with Crippen molar-refractivity contribution in [2.75, 3.05) is 7.11 Å². The van der Waals surface area contributed by atoms with Gasteiger partial charge in [0.2, 0.25) is 0 Å². The van der Waals surface area contributed by atoms with E-state index in [1.54, 1.807) is 25.1 Å². The van der Waals surface area contributed by atoms with E-state index >= 15 is 0 Å². The Morgan fingerprint density at radius 3 is 2.38 bits per heavy atom. The summed E-state index contributed by atoms with van der Waals surface area (Å²) in [5.74, 6) is -1.64. The number of hydrogen-bond donors (Lipinski definition) is 1. The van der Waals surface area contributed by atoms with Gasteiger partial charge in [-0.1, -0.05) is 36.4 Å². The maximum Gasteiger partial charge on any atom is 0.336 e. The van der Waals surface area contributed by atoms with Crippen LogP contribution < -0.4 is 5.32 Å².